The molecule has 2 N–H and O–H groups in total. The number of nitrogens with one attached hydrogen (secondary N) is 1. The minimum absolute atomic E-state index is 0.121. The summed E-state index contributed by atoms with van der Waals surface area (Å²) in [6.45, 7) is 1.20. The number of halogens is 2. The third-order valence-electron chi connectivity index (χ3n) is 3.97. The highest BCUT2D eigenvalue weighted by Crippen LogP contribution is 2.30. The summed E-state index contributed by atoms with van der Waals surface area (Å²) in [5, 5.41) is 17.9. The fourth-order valence-corrected chi connectivity index (χ4v) is 2.79. The van der Waals surface area contributed by atoms with Gasteiger partial charge in [0.15, 0.2) is 17.4 Å². The molecule has 8 nitrogen and oxygen atoms in total. The minimum Gasteiger partial charge on any atom is -0.503 e. The van der Waals surface area contributed by atoms with E-state index in [9.17, 15) is 13.9 Å². The number of aryl methyl sites for hydroxylation is 1. The number of fused-ring (bicyclic) bond motifs is 1. The summed E-state index contributed by atoms with van der Waals surface area (Å²) < 4.78 is 27.0. The Labute approximate surface area is 157 Å². The molecule has 3 heterocycles. The number of aromatic nitrogens is 6. The highest BCUT2D eigenvalue weighted by atomic mass is 19.3. The molecule has 0 amide bonds. The molecule has 0 aliphatic carbocycles. The molecule has 142 valence electrons. The fourth-order valence-electron chi connectivity index (χ4n) is 2.79. The minimum atomic E-state index is -2.55. The average Bonchev–Trinajstić information content (AvgIpc) is 3.02. The lowest BCUT2D eigenvalue weighted by atomic mass is 10.2. The number of rotatable bonds is 5. The number of hydrogen-bond acceptors (Lipinski definition) is 7. The van der Waals surface area contributed by atoms with Gasteiger partial charge in [-0.2, -0.15) is 5.10 Å². The Morgan fingerprint density at radius 1 is 1.14 bits per heavy atom. The van der Waals surface area contributed by atoms with Gasteiger partial charge in [0, 0.05) is 11.6 Å². The number of aromatic hydroxyl groups is 1. The number of nitrogens with zero attached hydrogens (tertiary/aromatic N) is 6. The van der Waals surface area contributed by atoms with Crippen molar-refractivity contribution in [3.63, 3.8) is 0 Å². The van der Waals surface area contributed by atoms with Crippen LogP contribution in [0.5, 0.6) is 5.75 Å². The van der Waals surface area contributed by atoms with Crippen LogP contribution in [-0.4, -0.2) is 41.2 Å². The van der Waals surface area contributed by atoms with E-state index in [4.69, 9.17) is 0 Å². The normalized spacial score (nSPS) is 11.3. The Kier molecular flexibility index (Phi) is 4.52. The predicted octanol–water partition coefficient (Wildman–Crippen LogP) is 3.31. The molecule has 0 aliphatic rings. The molecule has 0 fully saturated rings. The number of anilines is 2. The summed E-state index contributed by atoms with van der Waals surface area (Å²) in [7, 11) is 0. The van der Waals surface area contributed by atoms with Crippen molar-refractivity contribution in [2.75, 3.05) is 5.32 Å². The van der Waals surface area contributed by atoms with Crippen molar-refractivity contribution < 1.29 is 13.9 Å². The van der Waals surface area contributed by atoms with Gasteiger partial charge >= 0.3 is 0 Å². The summed E-state index contributed by atoms with van der Waals surface area (Å²) in [5.41, 5.74) is 0.897. The van der Waals surface area contributed by atoms with E-state index in [1.165, 1.54) is 10.9 Å². The van der Waals surface area contributed by atoms with Crippen molar-refractivity contribution in [3.05, 3.63) is 48.5 Å². The maximum atomic E-state index is 12.9. The van der Waals surface area contributed by atoms with Gasteiger partial charge in [0.05, 0.1) is 11.7 Å². The van der Waals surface area contributed by atoms with E-state index in [1.807, 2.05) is 0 Å². The largest absolute Gasteiger partial charge is 0.503 e. The summed E-state index contributed by atoms with van der Waals surface area (Å²) >= 11 is 0. The number of alkyl halides is 2. The van der Waals surface area contributed by atoms with Gasteiger partial charge in [-0.05, 0) is 19.1 Å². The van der Waals surface area contributed by atoms with E-state index >= 15 is 0 Å². The topological polar surface area (TPSA) is 102 Å². The molecule has 28 heavy (non-hydrogen) atoms. The molecule has 0 aliphatic heterocycles. The van der Waals surface area contributed by atoms with Gasteiger partial charge in [-0.3, -0.25) is 4.68 Å². The Balaban J connectivity index is 1.78. The standard InChI is InChI=1S/C18H15F2N7O/c1-10-21-7-6-15(23-10)24-17-13(28)8-22-18(25-17)16-11-4-2-3-5-12(11)27(26-16)9-14(19)20/h2-8,14,28H,9H2,1H3,(H,21,22,23,24,25). The van der Waals surface area contributed by atoms with E-state index in [-0.39, 0.29) is 17.4 Å². The first-order chi connectivity index (χ1) is 13.5. The molecule has 1 aromatic carbocycles. The van der Waals surface area contributed by atoms with E-state index < -0.39 is 13.0 Å². The Bertz CT molecular complexity index is 1150. The Hall–Kier alpha value is -3.69. The maximum Gasteiger partial charge on any atom is 0.257 e. The van der Waals surface area contributed by atoms with Gasteiger partial charge in [0.2, 0.25) is 0 Å². The van der Waals surface area contributed by atoms with Crippen LogP contribution >= 0.6 is 0 Å². The summed E-state index contributed by atoms with van der Waals surface area (Å²) in [4.78, 5) is 16.6. The highest BCUT2D eigenvalue weighted by Gasteiger charge is 2.18. The van der Waals surface area contributed by atoms with Crippen LogP contribution in [0.4, 0.5) is 20.4 Å². The van der Waals surface area contributed by atoms with Gasteiger partial charge in [0.1, 0.15) is 23.9 Å². The predicted molar refractivity (Wildman–Crippen MR) is 98.5 cm³/mol. The summed E-state index contributed by atoms with van der Waals surface area (Å²) in [5.74, 6) is 1.12. The second-order valence-electron chi connectivity index (χ2n) is 5.98. The van der Waals surface area contributed by atoms with Crippen LogP contribution in [0, 0.1) is 6.92 Å². The van der Waals surface area contributed by atoms with Crippen molar-refractivity contribution >= 4 is 22.5 Å². The van der Waals surface area contributed by atoms with Crippen LogP contribution in [0.15, 0.2) is 42.7 Å². The number of benzene rings is 1. The lowest BCUT2D eigenvalue weighted by Gasteiger charge is -2.08. The van der Waals surface area contributed by atoms with E-state index in [0.717, 1.165) is 0 Å². The highest BCUT2D eigenvalue weighted by molar-refractivity contribution is 5.91. The van der Waals surface area contributed by atoms with E-state index in [0.29, 0.717) is 28.2 Å². The number of hydrogen-bond donors (Lipinski definition) is 2. The van der Waals surface area contributed by atoms with Gasteiger partial charge in [-0.15, -0.1) is 0 Å². The SMILES string of the molecule is Cc1nccc(Nc2nc(-c3nn(CC(F)F)c4ccccc34)ncc2O)n1. The van der Waals surface area contributed by atoms with Crippen LogP contribution in [0.1, 0.15) is 5.82 Å². The third-order valence-corrected chi connectivity index (χ3v) is 3.97. The second kappa shape index (κ2) is 7.14. The van der Waals surface area contributed by atoms with Crippen LogP contribution in [0.3, 0.4) is 0 Å². The molecule has 0 radical (unpaired) electrons. The maximum absolute atomic E-state index is 12.9. The zero-order valence-corrected chi connectivity index (χ0v) is 14.7. The van der Waals surface area contributed by atoms with Crippen molar-refractivity contribution in [2.24, 2.45) is 0 Å². The molecule has 0 spiro atoms. The van der Waals surface area contributed by atoms with E-state index in [2.05, 4.69) is 30.4 Å². The van der Waals surface area contributed by atoms with E-state index in [1.54, 1.807) is 43.5 Å². The molecule has 4 aromatic rings. The van der Waals surface area contributed by atoms with Crippen LogP contribution in [0.25, 0.3) is 22.4 Å². The lowest BCUT2D eigenvalue weighted by Crippen LogP contribution is -2.08. The first-order valence-corrected chi connectivity index (χ1v) is 8.38. The molecule has 0 saturated heterocycles. The first-order valence-electron chi connectivity index (χ1n) is 8.38. The molecular formula is C18H15F2N7O. The van der Waals surface area contributed by atoms with Crippen molar-refractivity contribution in [2.45, 2.75) is 19.9 Å². The van der Waals surface area contributed by atoms with Crippen LogP contribution in [-0.2, 0) is 6.54 Å². The zero-order valence-electron chi connectivity index (χ0n) is 14.7. The van der Waals surface area contributed by atoms with Gasteiger partial charge in [-0.25, -0.2) is 28.7 Å². The molecule has 10 heteroatoms. The molecule has 3 aromatic heterocycles. The van der Waals surface area contributed by atoms with Gasteiger partial charge in [0.25, 0.3) is 6.43 Å². The number of para-hydroxylation sites is 1. The van der Waals surface area contributed by atoms with Gasteiger partial charge in [-0.1, -0.05) is 18.2 Å². The third kappa shape index (κ3) is 3.43. The molecule has 0 atom stereocenters. The summed E-state index contributed by atoms with van der Waals surface area (Å²) in [6, 6.07) is 8.62. The zero-order chi connectivity index (χ0) is 19.7. The second-order valence-corrected chi connectivity index (χ2v) is 5.98. The molecular weight excluding hydrogens is 368 g/mol. The molecule has 0 saturated carbocycles. The molecule has 4 rings (SSSR count). The Morgan fingerprint density at radius 2 is 1.96 bits per heavy atom. The van der Waals surface area contributed by atoms with Crippen LogP contribution in [0.2, 0.25) is 0 Å². The lowest BCUT2D eigenvalue weighted by molar-refractivity contribution is 0.123. The quantitative estimate of drug-likeness (QED) is 0.545. The van der Waals surface area contributed by atoms with Crippen molar-refractivity contribution in [3.8, 4) is 17.3 Å². The fraction of sp³-hybridized carbons (Fsp3) is 0.167. The monoisotopic (exact) mass is 383 g/mol. The Morgan fingerprint density at radius 3 is 2.75 bits per heavy atom. The average molecular weight is 383 g/mol. The molecule has 0 bridgehead atoms. The van der Waals surface area contributed by atoms with Gasteiger partial charge < -0.3 is 10.4 Å². The van der Waals surface area contributed by atoms with Crippen molar-refractivity contribution in [1.82, 2.24) is 29.7 Å². The van der Waals surface area contributed by atoms with Crippen molar-refractivity contribution in [1.29, 1.82) is 0 Å². The smallest absolute Gasteiger partial charge is 0.257 e. The first kappa shape index (κ1) is 17.7. The summed E-state index contributed by atoms with van der Waals surface area (Å²) in [6.07, 6.45) is 0.248. The van der Waals surface area contributed by atoms with Crippen LogP contribution < -0.4 is 5.32 Å². The molecule has 0 unspecified atom stereocenters.